The van der Waals surface area contributed by atoms with Gasteiger partial charge in [0.25, 0.3) is 0 Å². The molecule has 1 nitrogen and oxygen atoms in total. The van der Waals surface area contributed by atoms with Crippen molar-refractivity contribution in [2.75, 3.05) is 7.11 Å². The summed E-state index contributed by atoms with van der Waals surface area (Å²) in [7, 11) is 7.53. The lowest BCUT2D eigenvalue weighted by atomic mass is 9.89. The largest absolute Gasteiger partial charge is 0.497 e. The number of ether oxygens (including phenoxy) is 1. The third-order valence-corrected chi connectivity index (χ3v) is 2.15. The van der Waals surface area contributed by atoms with Gasteiger partial charge in [0.2, 0.25) is 0 Å². The monoisotopic (exact) mass is 168 g/mol. The normalized spacial score (nSPS) is 10.2. The maximum absolute atomic E-state index is 5.90. The van der Waals surface area contributed by atoms with Gasteiger partial charge in [0.05, 0.1) is 7.11 Å². The Balaban J connectivity index is 2.79. The first-order valence-corrected chi connectivity index (χ1v) is 4.14. The van der Waals surface area contributed by atoms with Gasteiger partial charge < -0.3 is 4.74 Å². The van der Waals surface area contributed by atoms with Crippen LogP contribution in [0.5, 0.6) is 5.75 Å². The molecule has 0 saturated carbocycles. The van der Waals surface area contributed by atoms with Gasteiger partial charge in [-0.3, -0.25) is 0 Å². The average molecular weight is 168 g/mol. The van der Waals surface area contributed by atoms with Crippen molar-refractivity contribution in [1.29, 1.82) is 0 Å². The molecule has 2 rings (SSSR count). The Morgan fingerprint density at radius 3 is 2.62 bits per heavy atom. The Morgan fingerprint density at radius 2 is 1.85 bits per heavy atom. The highest BCUT2D eigenvalue weighted by Crippen LogP contribution is 2.16. The highest BCUT2D eigenvalue weighted by atomic mass is 16.5. The number of methoxy groups -OCH3 is 1. The Labute approximate surface area is 78.7 Å². The first kappa shape index (κ1) is 8.18. The molecule has 0 atom stereocenters. The molecule has 2 radical (unpaired) electrons. The van der Waals surface area contributed by atoms with E-state index < -0.39 is 0 Å². The zero-order valence-corrected chi connectivity index (χ0v) is 7.45. The highest BCUT2D eigenvalue weighted by molar-refractivity contribution is 6.40. The molecule has 2 heteroatoms. The minimum Gasteiger partial charge on any atom is -0.497 e. The summed E-state index contributed by atoms with van der Waals surface area (Å²) < 4.78 is 5.13. The molecular weight excluding hydrogens is 159 g/mol. The van der Waals surface area contributed by atoms with Crippen LogP contribution in [-0.4, -0.2) is 15.0 Å². The van der Waals surface area contributed by atoms with Crippen molar-refractivity contribution in [1.82, 2.24) is 0 Å². The zero-order valence-electron chi connectivity index (χ0n) is 7.45. The van der Waals surface area contributed by atoms with E-state index in [4.69, 9.17) is 12.6 Å². The summed E-state index contributed by atoms with van der Waals surface area (Å²) in [6.07, 6.45) is 0. The van der Waals surface area contributed by atoms with Gasteiger partial charge in [-0.2, -0.15) is 0 Å². The molecule has 0 aromatic heterocycles. The number of hydrogen-bond acceptors (Lipinski definition) is 1. The van der Waals surface area contributed by atoms with Crippen molar-refractivity contribution >= 4 is 24.1 Å². The minimum atomic E-state index is 0.709. The van der Waals surface area contributed by atoms with Gasteiger partial charge in [-0.25, -0.2) is 0 Å². The molecule has 0 fully saturated rings. The summed E-state index contributed by atoms with van der Waals surface area (Å²) in [6.45, 7) is 0. The molecule has 0 bridgehead atoms. The van der Waals surface area contributed by atoms with Crippen molar-refractivity contribution in [2.45, 2.75) is 0 Å². The third-order valence-electron chi connectivity index (χ3n) is 2.15. The van der Waals surface area contributed by atoms with Crippen LogP contribution in [0.25, 0.3) is 10.8 Å². The summed E-state index contributed by atoms with van der Waals surface area (Å²) in [5.74, 6) is 0.735. The summed E-state index contributed by atoms with van der Waals surface area (Å²) in [5, 5.41) is 2.18. The lowest BCUT2D eigenvalue weighted by molar-refractivity contribution is 0.418. The van der Waals surface area contributed by atoms with E-state index >= 15 is 0 Å². The van der Waals surface area contributed by atoms with Gasteiger partial charge in [-0.05, 0) is 22.3 Å². The maximum atomic E-state index is 5.90. The van der Waals surface area contributed by atoms with Crippen LogP contribution in [0.1, 0.15) is 0 Å². The summed E-state index contributed by atoms with van der Waals surface area (Å²) in [5.41, 5.74) is 0.709. The Bertz CT molecular complexity index is 437. The SMILES string of the molecule is [B]c1c(OC)ccc2ccccc12. The van der Waals surface area contributed by atoms with Crippen molar-refractivity contribution in [2.24, 2.45) is 0 Å². The molecule has 0 spiro atoms. The molecule has 0 heterocycles. The van der Waals surface area contributed by atoms with Crippen molar-refractivity contribution in [3.8, 4) is 5.75 Å². The summed E-state index contributed by atoms with van der Waals surface area (Å²) in [4.78, 5) is 0. The van der Waals surface area contributed by atoms with E-state index in [2.05, 4.69) is 0 Å². The predicted molar refractivity (Wildman–Crippen MR) is 55.9 cm³/mol. The molecule has 13 heavy (non-hydrogen) atoms. The molecule has 0 amide bonds. The predicted octanol–water partition coefficient (Wildman–Crippen LogP) is 1.64. The lowest BCUT2D eigenvalue weighted by Crippen LogP contribution is -2.08. The fourth-order valence-corrected chi connectivity index (χ4v) is 1.45. The van der Waals surface area contributed by atoms with E-state index in [0.717, 1.165) is 16.5 Å². The molecule has 0 aliphatic carbocycles. The third kappa shape index (κ3) is 1.28. The quantitative estimate of drug-likeness (QED) is 0.588. The topological polar surface area (TPSA) is 9.23 Å². The first-order chi connectivity index (χ1) is 6.33. The molecule has 62 valence electrons. The first-order valence-electron chi connectivity index (χ1n) is 4.14. The van der Waals surface area contributed by atoms with Crippen molar-refractivity contribution < 1.29 is 4.74 Å². The van der Waals surface area contributed by atoms with Crippen LogP contribution in [0, 0.1) is 0 Å². The second kappa shape index (κ2) is 3.13. The standard InChI is InChI=1S/C11H9BO/c1-13-10-7-6-8-4-2-3-5-9(8)11(10)12/h2-7H,1H3. The van der Waals surface area contributed by atoms with E-state index in [9.17, 15) is 0 Å². The second-order valence-corrected chi connectivity index (χ2v) is 2.90. The molecule has 0 saturated heterocycles. The Morgan fingerprint density at radius 1 is 1.08 bits per heavy atom. The molecule has 0 N–H and O–H groups in total. The number of rotatable bonds is 1. The minimum absolute atomic E-state index is 0.709. The molecular formula is C11H9BO. The number of benzene rings is 2. The van der Waals surface area contributed by atoms with E-state index in [0.29, 0.717) is 5.46 Å². The van der Waals surface area contributed by atoms with E-state index in [1.165, 1.54) is 0 Å². The van der Waals surface area contributed by atoms with Crippen molar-refractivity contribution in [3.63, 3.8) is 0 Å². The van der Waals surface area contributed by atoms with Crippen LogP contribution >= 0.6 is 0 Å². The van der Waals surface area contributed by atoms with Gasteiger partial charge in [0.1, 0.15) is 13.6 Å². The molecule has 2 aromatic rings. The van der Waals surface area contributed by atoms with E-state index in [1.54, 1.807) is 7.11 Å². The number of hydrogen-bond donors (Lipinski definition) is 0. The van der Waals surface area contributed by atoms with Crippen LogP contribution in [0.15, 0.2) is 36.4 Å². The fraction of sp³-hybridized carbons (Fsp3) is 0.0909. The number of fused-ring (bicyclic) bond motifs is 1. The molecule has 2 aromatic carbocycles. The van der Waals surface area contributed by atoms with Gasteiger partial charge in [-0.1, -0.05) is 30.3 Å². The van der Waals surface area contributed by atoms with Gasteiger partial charge in [-0.15, -0.1) is 0 Å². The van der Waals surface area contributed by atoms with Gasteiger partial charge >= 0.3 is 0 Å². The summed E-state index contributed by atoms with van der Waals surface area (Å²) in [6, 6.07) is 11.9. The van der Waals surface area contributed by atoms with E-state index in [-0.39, 0.29) is 0 Å². The van der Waals surface area contributed by atoms with E-state index in [1.807, 2.05) is 36.4 Å². The van der Waals surface area contributed by atoms with Crippen LogP contribution in [0.3, 0.4) is 0 Å². The summed E-state index contributed by atoms with van der Waals surface area (Å²) >= 11 is 0. The second-order valence-electron chi connectivity index (χ2n) is 2.90. The zero-order chi connectivity index (χ0) is 9.26. The van der Waals surface area contributed by atoms with Crippen LogP contribution < -0.4 is 10.2 Å². The highest BCUT2D eigenvalue weighted by Gasteiger charge is 2.00. The Hall–Kier alpha value is -1.44. The van der Waals surface area contributed by atoms with Crippen molar-refractivity contribution in [3.05, 3.63) is 36.4 Å². The smallest absolute Gasteiger partial charge is 0.119 e. The maximum Gasteiger partial charge on any atom is 0.119 e. The van der Waals surface area contributed by atoms with Gasteiger partial charge in [0, 0.05) is 0 Å². The molecule has 0 aliphatic rings. The molecule has 0 aliphatic heterocycles. The lowest BCUT2D eigenvalue weighted by Gasteiger charge is -2.07. The van der Waals surface area contributed by atoms with Crippen LogP contribution in [0.4, 0.5) is 0 Å². The average Bonchev–Trinajstić information content (AvgIpc) is 2.19. The van der Waals surface area contributed by atoms with Crippen LogP contribution in [-0.2, 0) is 0 Å². The molecule has 0 unspecified atom stereocenters. The Kier molecular flexibility index (Phi) is 1.97. The van der Waals surface area contributed by atoms with Crippen LogP contribution in [0.2, 0.25) is 0 Å². The van der Waals surface area contributed by atoms with Gasteiger partial charge in [0.15, 0.2) is 0 Å². The fourth-order valence-electron chi connectivity index (χ4n) is 1.45.